The number of nitrogens with zero attached hydrogens (tertiary/aromatic N) is 1. The molecule has 5 heteroatoms. The molecule has 1 fully saturated rings. The van der Waals surface area contributed by atoms with Crippen LogP contribution in [0.25, 0.3) is 0 Å². The fourth-order valence-electron chi connectivity index (χ4n) is 2.40. The lowest BCUT2D eigenvalue weighted by Crippen LogP contribution is -2.30. The first-order valence-electron chi connectivity index (χ1n) is 6.48. The third-order valence-corrected chi connectivity index (χ3v) is 3.48. The summed E-state index contributed by atoms with van der Waals surface area (Å²) < 4.78 is 19.0. The molecule has 1 saturated heterocycles. The molecule has 1 aliphatic rings. The van der Waals surface area contributed by atoms with Crippen molar-refractivity contribution in [1.82, 2.24) is 4.90 Å². The summed E-state index contributed by atoms with van der Waals surface area (Å²) in [5.74, 6) is -0.255. The Hall–Kier alpha value is -1.04. The number of hydrogen-bond acceptors (Lipinski definition) is 3. The maximum atomic E-state index is 13.4. The molecule has 0 saturated carbocycles. The number of halogens is 1. The molecule has 19 heavy (non-hydrogen) atoms. The van der Waals surface area contributed by atoms with Crippen LogP contribution in [0.3, 0.4) is 0 Å². The van der Waals surface area contributed by atoms with E-state index >= 15 is 0 Å². The average molecular weight is 282 g/mol. The Morgan fingerprint density at radius 2 is 2.37 bits per heavy atom. The molecule has 0 spiro atoms. The number of nitrogens with two attached hydrogens (primary N) is 1. The molecule has 0 radical (unpaired) electrons. The van der Waals surface area contributed by atoms with Crippen LogP contribution >= 0.6 is 12.2 Å². The van der Waals surface area contributed by atoms with Crippen molar-refractivity contribution in [2.75, 3.05) is 19.7 Å². The van der Waals surface area contributed by atoms with Crippen LogP contribution in [0.5, 0.6) is 0 Å². The molecule has 1 aromatic carbocycles. The smallest absolute Gasteiger partial charge is 0.123 e. The van der Waals surface area contributed by atoms with Gasteiger partial charge in [0.1, 0.15) is 10.8 Å². The first-order chi connectivity index (χ1) is 9.06. The van der Waals surface area contributed by atoms with Crippen LogP contribution in [0.15, 0.2) is 18.2 Å². The zero-order valence-electron chi connectivity index (χ0n) is 11.1. The first kappa shape index (κ1) is 14.4. The maximum Gasteiger partial charge on any atom is 0.123 e. The van der Waals surface area contributed by atoms with Gasteiger partial charge >= 0.3 is 0 Å². The van der Waals surface area contributed by atoms with E-state index < -0.39 is 0 Å². The van der Waals surface area contributed by atoms with Gasteiger partial charge in [0.15, 0.2) is 0 Å². The largest absolute Gasteiger partial charge is 0.389 e. The monoisotopic (exact) mass is 282 g/mol. The minimum Gasteiger partial charge on any atom is -0.389 e. The van der Waals surface area contributed by atoms with E-state index in [9.17, 15) is 4.39 Å². The second-order valence-electron chi connectivity index (χ2n) is 4.94. The zero-order chi connectivity index (χ0) is 13.8. The van der Waals surface area contributed by atoms with Crippen molar-refractivity contribution in [3.63, 3.8) is 0 Å². The second kappa shape index (κ2) is 6.41. The molecule has 0 amide bonds. The quantitative estimate of drug-likeness (QED) is 0.861. The van der Waals surface area contributed by atoms with Gasteiger partial charge in [-0.3, -0.25) is 4.90 Å². The van der Waals surface area contributed by atoms with Crippen LogP contribution in [0, 0.1) is 5.82 Å². The van der Waals surface area contributed by atoms with E-state index in [1.165, 1.54) is 12.1 Å². The summed E-state index contributed by atoms with van der Waals surface area (Å²) >= 11 is 5.02. The van der Waals surface area contributed by atoms with Crippen molar-refractivity contribution in [3.05, 3.63) is 35.1 Å². The first-order valence-corrected chi connectivity index (χ1v) is 6.89. The second-order valence-corrected chi connectivity index (χ2v) is 5.38. The van der Waals surface area contributed by atoms with Crippen molar-refractivity contribution in [2.24, 2.45) is 5.73 Å². The van der Waals surface area contributed by atoms with Crippen molar-refractivity contribution in [1.29, 1.82) is 0 Å². The lowest BCUT2D eigenvalue weighted by molar-refractivity contribution is 0.0668. The molecular weight excluding hydrogens is 263 g/mol. The van der Waals surface area contributed by atoms with Crippen LogP contribution in [0.2, 0.25) is 0 Å². The minimum absolute atomic E-state index is 0.198. The number of ether oxygens (including phenoxy) is 1. The predicted octanol–water partition coefficient (Wildman–Crippen LogP) is 2.07. The molecule has 0 aromatic heterocycles. The summed E-state index contributed by atoms with van der Waals surface area (Å²) in [6.07, 6.45) is 1.19. The third-order valence-electron chi connectivity index (χ3n) is 3.26. The number of thiocarbonyl (C=S) groups is 1. The van der Waals surface area contributed by atoms with E-state index in [-0.39, 0.29) is 11.9 Å². The highest BCUT2D eigenvalue weighted by Crippen LogP contribution is 2.16. The molecule has 2 N–H and O–H groups in total. The molecule has 104 valence electrons. The van der Waals surface area contributed by atoms with Gasteiger partial charge in [0, 0.05) is 31.8 Å². The molecule has 1 aliphatic heterocycles. The van der Waals surface area contributed by atoms with Gasteiger partial charge in [-0.25, -0.2) is 4.39 Å². The van der Waals surface area contributed by atoms with Crippen LogP contribution < -0.4 is 5.73 Å². The number of benzene rings is 1. The van der Waals surface area contributed by atoms with Gasteiger partial charge in [-0.05, 0) is 37.1 Å². The van der Waals surface area contributed by atoms with Gasteiger partial charge in [-0.2, -0.15) is 0 Å². The lowest BCUT2D eigenvalue weighted by atomic mass is 10.1. The molecule has 1 unspecified atom stereocenters. The fourth-order valence-corrected chi connectivity index (χ4v) is 2.60. The third kappa shape index (κ3) is 3.96. The highest BCUT2D eigenvalue weighted by atomic mass is 32.1. The molecule has 3 nitrogen and oxygen atoms in total. The Morgan fingerprint density at radius 1 is 1.58 bits per heavy atom. The molecule has 0 aliphatic carbocycles. The van der Waals surface area contributed by atoms with E-state index in [4.69, 9.17) is 22.7 Å². The molecular formula is C14H19FN2OS. The van der Waals surface area contributed by atoms with Gasteiger partial charge < -0.3 is 10.5 Å². The molecule has 0 bridgehead atoms. The highest BCUT2D eigenvalue weighted by molar-refractivity contribution is 7.80. The molecule has 1 heterocycles. The summed E-state index contributed by atoms with van der Waals surface area (Å²) in [6, 6.07) is 4.57. The van der Waals surface area contributed by atoms with E-state index in [2.05, 4.69) is 11.8 Å². The van der Waals surface area contributed by atoms with E-state index in [0.29, 0.717) is 11.5 Å². The van der Waals surface area contributed by atoms with E-state index in [0.717, 1.165) is 37.2 Å². The summed E-state index contributed by atoms with van der Waals surface area (Å²) in [7, 11) is 0. The predicted molar refractivity (Wildman–Crippen MR) is 77.6 cm³/mol. The van der Waals surface area contributed by atoms with Gasteiger partial charge in [0.05, 0.1) is 6.10 Å². The Labute approximate surface area is 118 Å². The van der Waals surface area contributed by atoms with Crippen molar-refractivity contribution in [2.45, 2.75) is 26.0 Å². The van der Waals surface area contributed by atoms with Gasteiger partial charge in [-0.15, -0.1) is 0 Å². The minimum atomic E-state index is -0.255. The van der Waals surface area contributed by atoms with E-state index in [1.54, 1.807) is 6.07 Å². The van der Waals surface area contributed by atoms with Crippen LogP contribution in [-0.2, 0) is 11.3 Å². The standard InChI is InChI=1S/C14H19FN2OS/c1-10-8-17(5-2-6-18-10)9-11-7-12(15)3-4-13(11)14(16)19/h3-4,7,10H,2,5-6,8-9H2,1H3,(H2,16,19). The summed E-state index contributed by atoms with van der Waals surface area (Å²) in [5, 5.41) is 0. The highest BCUT2D eigenvalue weighted by Gasteiger charge is 2.17. The molecule has 1 aromatic rings. The average Bonchev–Trinajstić information content (AvgIpc) is 2.53. The van der Waals surface area contributed by atoms with Gasteiger partial charge in [0.25, 0.3) is 0 Å². The van der Waals surface area contributed by atoms with Crippen LogP contribution in [-0.4, -0.2) is 35.7 Å². The van der Waals surface area contributed by atoms with E-state index in [1.807, 2.05) is 0 Å². The lowest BCUT2D eigenvalue weighted by Gasteiger charge is -2.23. The topological polar surface area (TPSA) is 38.5 Å². The van der Waals surface area contributed by atoms with Gasteiger partial charge in [0.2, 0.25) is 0 Å². The SMILES string of the molecule is CC1CN(Cc2cc(F)ccc2C(N)=S)CCCO1. The number of hydrogen-bond donors (Lipinski definition) is 1. The summed E-state index contributed by atoms with van der Waals surface area (Å²) in [5.41, 5.74) is 7.30. The van der Waals surface area contributed by atoms with Crippen molar-refractivity contribution >= 4 is 17.2 Å². The zero-order valence-corrected chi connectivity index (χ0v) is 11.9. The molecule has 1 atom stereocenters. The Bertz CT molecular complexity index is 467. The van der Waals surface area contributed by atoms with Gasteiger partial charge in [-0.1, -0.05) is 12.2 Å². The Balaban J connectivity index is 2.17. The van der Waals surface area contributed by atoms with Crippen molar-refractivity contribution < 1.29 is 9.13 Å². The Kier molecular flexibility index (Phi) is 4.85. The normalized spacial score (nSPS) is 21.1. The summed E-state index contributed by atoms with van der Waals surface area (Å²) in [6.45, 7) is 5.27. The Morgan fingerprint density at radius 3 is 3.11 bits per heavy atom. The molecule has 2 rings (SSSR count). The van der Waals surface area contributed by atoms with Crippen LogP contribution in [0.1, 0.15) is 24.5 Å². The van der Waals surface area contributed by atoms with Crippen LogP contribution in [0.4, 0.5) is 4.39 Å². The van der Waals surface area contributed by atoms with Crippen molar-refractivity contribution in [3.8, 4) is 0 Å². The summed E-state index contributed by atoms with van der Waals surface area (Å²) in [4.78, 5) is 2.57. The number of rotatable bonds is 3. The maximum absolute atomic E-state index is 13.4. The fraction of sp³-hybridized carbons (Fsp3) is 0.500.